The second-order valence-electron chi connectivity index (χ2n) is 6.22. The van der Waals surface area contributed by atoms with E-state index in [-0.39, 0.29) is 17.8 Å². The molecule has 1 aromatic carbocycles. The molecular weight excluding hydrogens is 339 g/mol. The summed E-state index contributed by atoms with van der Waals surface area (Å²) in [6.07, 6.45) is 1.82. The molecule has 1 aromatic heterocycles. The molecule has 25 heavy (non-hydrogen) atoms. The first-order valence-electron chi connectivity index (χ1n) is 8.62. The van der Waals surface area contributed by atoms with E-state index in [1.165, 1.54) is 22.6 Å². The Hall–Kier alpha value is -1.76. The van der Waals surface area contributed by atoms with E-state index >= 15 is 0 Å². The second-order valence-corrected chi connectivity index (χ2v) is 7.22. The van der Waals surface area contributed by atoms with E-state index in [2.05, 4.69) is 11.4 Å². The summed E-state index contributed by atoms with van der Waals surface area (Å²) in [5, 5.41) is 4.11. The largest absolute Gasteiger partial charge is 0.384 e. The van der Waals surface area contributed by atoms with Crippen LogP contribution in [0.5, 0.6) is 0 Å². The molecule has 2 heterocycles. The van der Waals surface area contributed by atoms with Crippen molar-refractivity contribution >= 4 is 17.2 Å². The Morgan fingerprint density at radius 1 is 1.36 bits per heavy atom. The van der Waals surface area contributed by atoms with E-state index in [0.717, 1.165) is 24.9 Å². The highest BCUT2D eigenvalue weighted by Gasteiger charge is 2.33. The maximum absolute atomic E-state index is 13.3. The Morgan fingerprint density at radius 3 is 2.92 bits per heavy atom. The van der Waals surface area contributed by atoms with Crippen molar-refractivity contribution in [2.24, 2.45) is 0 Å². The van der Waals surface area contributed by atoms with Gasteiger partial charge in [0.15, 0.2) is 6.54 Å². The fraction of sp³-hybridized carbons (Fsp3) is 0.421. The van der Waals surface area contributed by atoms with Crippen LogP contribution in [0.1, 0.15) is 28.5 Å². The molecule has 0 fully saturated rings. The molecule has 1 aliphatic heterocycles. The number of ether oxygens (including phenoxy) is 1. The molecule has 0 unspecified atom stereocenters. The molecule has 0 saturated heterocycles. The summed E-state index contributed by atoms with van der Waals surface area (Å²) < 4.78 is 18.4. The summed E-state index contributed by atoms with van der Waals surface area (Å²) in [7, 11) is 1.69. The zero-order chi connectivity index (χ0) is 17.6. The number of carbonyl (C=O) groups excluding carboxylic acids is 1. The molecule has 1 amide bonds. The molecule has 2 aromatic rings. The summed E-state index contributed by atoms with van der Waals surface area (Å²) in [6, 6.07) is 8.49. The fourth-order valence-electron chi connectivity index (χ4n) is 3.30. The normalized spacial score (nSPS) is 16.7. The Morgan fingerprint density at radius 2 is 2.16 bits per heavy atom. The number of nitrogens with zero attached hydrogens (tertiary/aromatic N) is 1. The summed E-state index contributed by atoms with van der Waals surface area (Å²) >= 11 is 1.73. The monoisotopic (exact) mass is 363 g/mol. The van der Waals surface area contributed by atoms with Crippen LogP contribution in [0.4, 0.5) is 4.39 Å². The van der Waals surface area contributed by atoms with Gasteiger partial charge in [-0.15, -0.1) is 11.3 Å². The molecule has 1 atom stereocenters. The molecule has 4 nitrogen and oxygen atoms in total. The number of rotatable bonds is 7. The van der Waals surface area contributed by atoms with Crippen molar-refractivity contribution in [3.05, 3.63) is 57.5 Å². The zero-order valence-electron chi connectivity index (χ0n) is 14.4. The fourth-order valence-corrected chi connectivity index (χ4v) is 4.21. The van der Waals surface area contributed by atoms with Crippen LogP contribution in [-0.4, -0.2) is 44.2 Å². The third-order valence-corrected chi connectivity index (χ3v) is 5.54. The highest BCUT2D eigenvalue weighted by molar-refractivity contribution is 7.10. The van der Waals surface area contributed by atoms with Crippen LogP contribution < -0.4 is 5.32 Å². The van der Waals surface area contributed by atoms with Gasteiger partial charge >= 0.3 is 0 Å². The van der Waals surface area contributed by atoms with Crippen molar-refractivity contribution in [1.29, 1.82) is 0 Å². The highest BCUT2D eigenvalue weighted by Crippen LogP contribution is 2.37. The van der Waals surface area contributed by atoms with Gasteiger partial charge < -0.3 is 15.0 Å². The number of hydrogen-bond donors (Lipinski definition) is 1. The maximum atomic E-state index is 13.3. The number of carbonyl (C=O) groups is 1. The van der Waals surface area contributed by atoms with Crippen LogP contribution in [0.3, 0.4) is 0 Å². The van der Waals surface area contributed by atoms with Gasteiger partial charge in [-0.05, 0) is 41.1 Å². The topological polar surface area (TPSA) is 46.1 Å². The van der Waals surface area contributed by atoms with Crippen LogP contribution in [-0.2, 0) is 16.0 Å². The van der Waals surface area contributed by atoms with Crippen molar-refractivity contribution in [1.82, 2.24) is 4.90 Å². The number of nitrogens with two attached hydrogens (primary N) is 1. The van der Waals surface area contributed by atoms with Gasteiger partial charge in [0.05, 0.1) is 19.2 Å². The van der Waals surface area contributed by atoms with Gasteiger partial charge in [0.2, 0.25) is 0 Å². The first-order chi connectivity index (χ1) is 12.2. The minimum atomic E-state index is -0.255. The van der Waals surface area contributed by atoms with E-state index in [1.807, 2.05) is 10.2 Å². The number of benzene rings is 1. The van der Waals surface area contributed by atoms with Gasteiger partial charge in [-0.2, -0.15) is 0 Å². The average molecular weight is 363 g/mol. The smallest absolute Gasteiger partial charge is 0.278 e. The van der Waals surface area contributed by atoms with Gasteiger partial charge in [0, 0.05) is 25.0 Å². The lowest BCUT2D eigenvalue weighted by atomic mass is 9.93. The summed E-state index contributed by atoms with van der Waals surface area (Å²) in [5.74, 6) is -0.127. The molecule has 0 aliphatic carbocycles. The van der Waals surface area contributed by atoms with E-state index in [4.69, 9.17) is 4.74 Å². The third-order valence-electron chi connectivity index (χ3n) is 4.55. The molecule has 1 aliphatic rings. The third kappa shape index (κ3) is 4.26. The van der Waals surface area contributed by atoms with E-state index < -0.39 is 0 Å². The van der Waals surface area contributed by atoms with Gasteiger partial charge in [0.1, 0.15) is 5.82 Å². The molecule has 2 N–H and O–H groups in total. The van der Waals surface area contributed by atoms with E-state index in [1.54, 1.807) is 30.6 Å². The van der Waals surface area contributed by atoms with Gasteiger partial charge in [-0.3, -0.25) is 4.79 Å². The minimum Gasteiger partial charge on any atom is -0.384 e. The van der Waals surface area contributed by atoms with Gasteiger partial charge in [-0.25, -0.2) is 4.39 Å². The Bertz CT molecular complexity index is 702. The summed E-state index contributed by atoms with van der Waals surface area (Å²) in [6.45, 7) is 2.73. The summed E-state index contributed by atoms with van der Waals surface area (Å²) in [5.41, 5.74) is 2.14. The molecule has 0 radical (unpaired) electrons. The predicted molar refractivity (Wildman–Crippen MR) is 96.1 cm³/mol. The van der Waals surface area contributed by atoms with E-state index in [9.17, 15) is 9.18 Å². The van der Waals surface area contributed by atoms with Crippen molar-refractivity contribution in [2.75, 3.05) is 33.4 Å². The molecule has 0 spiro atoms. The van der Waals surface area contributed by atoms with Gasteiger partial charge in [-0.1, -0.05) is 12.1 Å². The Balaban J connectivity index is 1.75. The average Bonchev–Trinajstić information content (AvgIpc) is 3.10. The number of amides is 1. The van der Waals surface area contributed by atoms with Crippen LogP contribution >= 0.6 is 11.3 Å². The lowest BCUT2D eigenvalue weighted by Crippen LogP contribution is -2.87. The first-order valence-corrected chi connectivity index (χ1v) is 9.50. The highest BCUT2D eigenvalue weighted by atomic mass is 32.1. The molecule has 0 saturated carbocycles. The number of thiophene rings is 1. The Labute approximate surface area is 151 Å². The number of halogens is 1. The predicted octanol–water partition coefficient (Wildman–Crippen LogP) is 1.96. The van der Waals surface area contributed by atoms with Crippen molar-refractivity contribution in [2.45, 2.75) is 18.9 Å². The molecule has 6 heteroatoms. The number of methoxy groups -OCH3 is 1. The van der Waals surface area contributed by atoms with Crippen LogP contribution in [0.15, 0.2) is 35.7 Å². The van der Waals surface area contributed by atoms with Crippen molar-refractivity contribution in [3.8, 4) is 0 Å². The molecule has 0 bridgehead atoms. The molecule has 3 rings (SSSR count). The zero-order valence-corrected chi connectivity index (χ0v) is 15.2. The second kappa shape index (κ2) is 8.56. The van der Waals surface area contributed by atoms with Crippen molar-refractivity contribution < 1.29 is 19.2 Å². The lowest BCUT2D eigenvalue weighted by Gasteiger charge is -2.36. The minimum absolute atomic E-state index is 0.115. The van der Waals surface area contributed by atoms with E-state index in [0.29, 0.717) is 19.7 Å². The quantitative estimate of drug-likeness (QED) is 0.765. The van der Waals surface area contributed by atoms with Crippen LogP contribution in [0, 0.1) is 5.82 Å². The molecule has 134 valence electrons. The standard InChI is InChI=1S/C19H23FN2O2S/c1-24-11-2-9-21-13-18(23)22-10-7-17-16(8-12-25-17)19(22)14-3-5-15(20)6-4-14/h3-6,8,12,19,21H,2,7,9-11,13H2,1H3/p+1/t19-/m1/s1. The number of quaternary nitrogens is 1. The first kappa shape index (κ1) is 18.0. The maximum Gasteiger partial charge on any atom is 0.278 e. The van der Waals surface area contributed by atoms with Crippen molar-refractivity contribution in [3.63, 3.8) is 0 Å². The summed E-state index contributed by atoms with van der Waals surface area (Å²) in [4.78, 5) is 16.1. The Kier molecular flexibility index (Phi) is 6.18. The van der Waals surface area contributed by atoms with Gasteiger partial charge in [0.25, 0.3) is 5.91 Å². The number of hydrogen-bond acceptors (Lipinski definition) is 3. The van der Waals surface area contributed by atoms with Crippen LogP contribution in [0.2, 0.25) is 0 Å². The molecular formula is C19H24FN2O2S+. The SMILES string of the molecule is COCCC[NH2+]CC(=O)N1CCc2sccc2[C@H]1c1ccc(F)cc1. The number of fused-ring (bicyclic) bond motifs is 1. The lowest BCUT2D eigenvalue weighted by molar-refractivity contribution is -0.645. The van der Waals surface area contributed by atoms with Crippen LogP contribution in [0.25, 0.3) is 0 Å².